The van der Waals surface area contributed by atoms with Gasteiger partial charge in [0, 0.05) is 47.1 Å². The van der Waals surface area contributed by atoms with Gasteiger partial charge in [-0.1, -0.05) is 6.58 Å². The molecule has 1 saturated carbocycles. The van der Waals surface area contributed by atoms with Gasteiger partial charge in [0.1, 0.15) is 25.3 Å². The molecule has 0 unspecified atom stereocenters. The van der Waals surface area contributed by atoms with Crippen LogP contribution in [-0.2, 0) is 14.3 Å². The minimum atomic E-state index is -0.549. The highest BCUT2D eigenvalue weighted by molar-refractivity contribution is 6.11. The Kier molecular flexibility index (Phi) is 7.15. The summed E-state index contributed by atoms with van der Waals surface area (Å²) < 4.78 is 24.9. The molecule has 3 N–H and O–H groups in total. The standard InChI is InChI=1S/C22H23FN4O3/c1-15(2-6-19-14-29-8-9-30-19)27-21(28)7-3-16-11-25-13-20(23)22(16)17(10-24)12-26-18-4-5-18/h2-3,6-7,10-14,18H,1,4-5,8-9,24H2,(H,27,28)/b6-2-,7-3+,17-10?,26-12?. The summed E-state index contributed by atoms with van der Waals surface area (Å²) in [5.74, 6) is -0.442. The quantitative estimate of drug-likeness (QED) is 0.390. The van der Waals surface area contributed by atoms with Gasteiger partial charge < -0.3 is 20.5 Å². The summed E-state index contributed by atoms with van der Waals surface area (Å²) in [5, 5.41) is 2.60. The van der Waals surface area contributed by atoms with E-state index in [0.717, 1.165) is 19.0 Å². The van der Waals surface area contributed by atoms with Crippen molar-refractivity contribution in [3.8, 4) is 0 Å². The van der Waals surface area contributed by atoms with Gasteiger partial charge in [-0.25, -0.2) is 4.39 Å². The molecular formula is C22H23FN4O3. The molecule has 0 spiro atoms. The number of pyridine rings is 1. The number of nitrogens with one attached hydrogen (secondary N) is 1. The maximum absolute atomic E-state index is 14.4. The van der Waals surface area contributed by atoms with Crippen LogP contribution in [0, 0.1) is 5.82 Å². The number of hydrogen-bond acceptors (Lipinski definition) is 6. The zero-order valence-corrected chi connectivity index (χ0v) is 16.4. The van der Waals surface area contributed by atoms with E-state index in [1.54, 1.807) is 18.4 Å². The van der Waals surface area contributed by atoms with Crippen molar-refractivity contribution in [1.82, 2.24) is 10.3 Å². The van der Waals surface area contributed by atoms with Crippen LogP contribution in [0.25, 0.3) is 11.6 Å². The first-order valence-corrected chi connectivity index (χ1v) is 9.46. The Labute approximate surface area is 174 Å². The second-order valence-electron chi connectivity index (χ2n) is 6.64. The lowest BCUT2D eigenvalue weighted by atomic mass is 10.0. The smallest absolute Gasteiger partial charge is 0.248 e. The van der Waals surface area contributed by atoms with Gasteiger partial charge in [0.15, 0.2) is 5.76 Å². The monoisotopic (exact) mass is 410 g/mol. The van der Waals surface area contributed by atoms with Crippen LogP contribution in [-0.4, -0.2) is 36.4 Å². The van der Waals surface area contributed by atoms with E-state index in [1.807, 2.05) is 0 Å². The second kappa shape index (κ2) is 10.2. The summed E-state index contributed by atoms with van der Waals surface area (Å²) in [6.07, 6.45) is 14.9. The molecule has 1 aliphatic carbocycles. The summed E-state index contributed by atoms with van der Waals surface area (Å²) in [6, 6.07) is 0.273. The van der Waals surface area contributed by atoms with Crippen LogP contribution < -0.4 is 11.1 Å². The van der Waals surface area contributed by atoms with Gasteiger partial charge in [0.25, 0.3) is 0 Å². The van der Waals surface area contributed by atoms with Crippen LogP contribution in [0.5, 0.6) is 0 Å². The zero-order valence-electron chi connectivity index (χ0n) is 16.4. The van der Waals surface area contributed by atoms with Crippen LogP contribution in [0.1, 0.15) is 24.0 Å². The zero-order chi connectivity index (χ0) is 21.3. The molecule has 3 rings (SSSR count). The molecular weight excluding hydrogens is 387 g/mol. The van der Waals surface area contributed by atoms with Gasteiger partial charge in [-0.3, -0.25) is 14.8 Å². The Morgan fingerprint density at radius 3 is 2.83 bits per heavy atom. The average molecular weight is 410 g/mol. The van der Waals surface area contributed by atoms with Crippen molar-refractivity contribution in [2.45, 2.75) is 18.9 Å². The average Bonchev–Trinajstić information content (AvgIpc) is 3.57. The normalized spacial score (nSPS) is 17.1. The van der Waals surface area contributed by atoms with E-state index in [9.17, 15) is 9.18 Å². The van der Waals surface area contributed by atoms with Gasteiger partial charge in [-0.15, -0.1) is 0 Å². The molecule has 156 valence electrons. The van der Waals surface area contributed by atoms with Crippen molar-refractivity contribution in [2.24, 2.45) is 10.7 Å². The molecule has 0 saturated heterocycles. The first kappa shape index (κ1) is 21.0. The Balaban J connectivity index is 1.67. The Bertz CT molecular complexity index is 959. The number of nitrogens with zero attached hydrogens (tertiary/aromatic N) is 2. The number of aromatic nitrogens is 1. The summed E-state index contributed by atoms with van der Waals surface area (Å²) in [5.41, 5.74) is 7.11. The molecule has 1 aromatic rings. The first-order chi connectivity index (χ1) is 14.6. The van der Waals surface area contributed by atoms with E-state index in [1.165, 1.54) is 30.8 Å². The van der Waals surface area contributed by atoms with E-state index < -0.39 is 11.7 Å². The number of rotatable bonds is 8. The van der Waals surface area contributed by atoms with E-state index in [2.05, 4.69) is 21.9 Å². The highest BCUT2D eigenvalue weighted by Gasteiger charge is 2.20. The molecule has 0 radical (unpaired) electrons. The lowest BCUT2D eigenvalue weighted by molar-refractivity contribution is -0.115. The maximum atomic E-state index is 14.4. The number of carbonyl (C=O) groups is 1. The third-order valence-electron chi connectivity index (χ3n) is 4.18. The number of hydrogen-bond donors (Lipinski definition) is 2. The Hall–Kier alpha value is -3.68. The minimum Gasteiger partial charge on any atom is -0.494 e. The molecule has 0 atom stereocenters. The molecule has 0 bridgehead atoms. The third-order valence-corrected chi connectivity index (χ3v) is 4.18. The van der Waals surface area contributed by atoms with E-state index in [0.29, 0.717) is 35.8 Å². The molecule has 1 aliphatic heterocycles. The predicted octanol–water partition coefficient (Wildman–Crippen LogP) is 2.84. The van der Waals surface area contributed by atoms with Gasteiger partial charge in [0.2, 0.25) is 5.91 Å². The number of carbonyl (C=O) groups excluding carboxylic acids is 1. The first-order valence-electron chi connectivity index (χ1n) is 9.46. The van der Waals surface area contributed by atoms with E-state index in [4.69, 9.17) is 15.2 Å². The molecule has 0 aromatic carbocycles. The Morgan fingerprint density at radius 2 is 2.13 bits per heavy atom. The van der Waals surface area contributed by atoms with Gasteiger partial charge in [-0.2, -0.15) is 0 Å². The fourth-order valence-corrected chi connectivity index (χ4v) is 2.54. The highest BCUT2D eigenvalue weighted by Crippen LogP contribution is 2.26. The number of amides is 1. The number of halogens is 1. The largest absolute Gasteiger partial charge is 0.494 e. The molecule has 2 heterocycles. The molecule has 30 heavy (non-hydrogen) atoms. The lowest BCUT2D eigenvalue weighted by Gasteiger charge is -2.12. The number of aliphatic imine (C=N–C) groups is 1. The molecule has 8 heteroatoms. The highest BCUT2D eigenvalue weighted by atomic mass is 19.1. The second-order valence-corrected chi connectivity index (χ2v) is 6.64. The molecule has 1 fully saturated rings. The topological polar surface area (TPSA) is 98.8 Å². The number of nitrogens with two attached hydrogens (primary N) is 1. The summed E-state index contributed by atoms with van der Waals surface area (Å²) in [4.78, 5) is 20.4. The van der Waals surface area contributed by atoms with Crippen molar-refractivity contribution in [3.05, 3.63) is 78.1 Å². The van der Waals surface area contributed by atoms with Crippen molar-refractivity contribution in [2.75, 3.05) is 13.2 Å². The van der Waals surface area contributed by atoms with Crippen molar-refractivity contribution in [1.29, 1.82) is 0 Å². The molecule has 7 nitrogen and oxygen atoms in total. The minimum absolute atomic E-state index is 0.237. The van der Waals surface area contributed by atoms with E-state index >= 15 is 0 Å². The number of allylic oxidation sites excluding steroid dienone is 3. The lowest BCUT2D eigenvalue weighted by Crippen LogP contribution is -2.18. The number of ether oxygens (including phenoxy) is 2. The van der Waals surface area contributed by atoms with Crippen LogP contribution >= 0.6 is 0 Å². The summed E-state index contributed by atoms with van der Waals surface area (Å²) in [7, 11) is 0. The van der Waals surface area contributed by atoms with Crippen LogP contribution in [0.3, 0.4) is 0 Å². The van der Waals surface area contributed by atoms with Crippen molar-refractivity contribution < 1.29 is 18.7 Å². The fraction of sp³-hybridized carbons (Fsp3) is 0.227. The van der Waals surface area contributed by atoms with Crippen molar-refractivity contribution in [3.63, 3.8) is 0 Å². The van der Waals surface area contributed by atoms with Crippen LogP contribution in [0.2, 0.25) is 0 Å². The van der Waals surface area contributed by atoms with Gasteiger partial charge in [0.05, 0.1) is 12.2 Å². The summed E-state index contributed by atoms with van der Waals surface area (Å²) in [6.45, 7) is 4.73. The Morgan fingerprint density at radius 1 is 1.30 bits per heavy atom. The predicted molar refractivity (Wildman–Crippen MR) is 113 cm³/mol. The molecule has 1 amide bonds. The van der Waals surface area contributed by atoms with Gasteiger partial charge in [-0.05, 0) is 31.1 Å². The maximum Gasteiger partial charge on any atom is 0.248 e. The third kappa shape index (κ3) is 6.16. The molecule has 2 aliphatic rings. The van der Waals surface area contributed by atoms with Crippen molar-refractivity contribution >= 4 is 23.8 Å². The molecule has 1 aromatic heterocycles. The van der Waals surface area contributed by atoms with E-state index in [-0.39, 0.29) is 11.6 Å². The summed E-state index contributed by atoms with van der Waals surface area (Å²) >= 11 is 0. The fourth-order valence-electron chi connectivity index (χ4n) is 2.54. The van der Waals surface area contributed by atoms with Gasteiger partial charge >= 0.3 is 0 Å². The van der Waals surface area contributed by atoms with Crippen LogP contribution in [0.15, 0.2) is 66.1 Å². The SMILES string of the molecule is C=C(/C=C\C1=COCCO1)NC(=O)/C=C/c1cncc(F)c1C(C=NC1CC1)=CN. The van der Waals surface area contributed by atoms with Crippen LogP contribution in [0.4, 0.5) is 4.39 Å².